The summed E-state index contributed by atoms with van der Waals surface area (Å²) < 4.78 is 11.0. The summed E-state index contributed by atoms with van der Waals surface area (Å²) in [4.78, 5) is 13.9. The SMILES string of the molecule is CC1(C)CN(C(=O)C2CCCO2)CCO1. The Morgan fingerprint density at radius 2 is 2.20 bits per heavy atom. The van der Waals surface area contributed by atoms with Gasteiger partial charge in [-0.15, -0.1) is 0 Å². The van der Waals surface area contributed by atoms with E-state index in [0.29, 0.717) is 19.7 Å². The fourth-order valence-electron chi connectivity index (χ4n) is 2.18. The molecule has 15 heavy (non-hydrogen) atoms. The summed E-state index contributed by atoms with van der Waals surface area (Å²) in [6.07, 6.45) is 1.68. The first kappa shape index (κ1) is 10.9. The van der Waals surface area contributed by atoms with Crippen LogP contribution in [0.4, 0.5) is 0 Å². The van der Waals surface area contributed by atoms with E-state index in [0.717, 1.165) is 19.4 Å². The van der Waals surface area contributed by atoms with Crippen molar-refractivity contribution in [2.24, 2.45) is 0 Å². The van der Waals surface area contributed by atoms with Crippen LogP contribution in [0.2, 0.25) is 0 Å². The van der Waals surface area contributed by atoms with Crippen LogP contribution in [-0.4, -0.2) is 48.8 Å². The maximum absolute atomic E-state index is 12.0. The quantitative estimate of drug-likeness (QED) is 0.647. The Morgan fingerprint density at radius 1 is 1.40 bits per heavy atom. The zero-order valence-corrected chi connectivity index (χ0v) is 9.49. The van der Waals surface area contributed by atoms with Gasteiger partial charge in [0.15, 0.2) is 0 Å². The van der Waals surface area contributed by atoms with Crippen LogP contribution in [0.1, 0.15) is 26.7 Å². The maximum Gasteiger partial charge on any atom is 0.251 e. The Balaban J connectivity index is 1.94. The lowest BCUT2D eigenvalue weighted by Gasteiger charge is -2.38. The number of hydrogen-bond donors (Lipinski definition) is 0. The molecule has 2 saturated heterocycles. The molecule has 0 N–H and O–H groups in total. The molecule has 0 aliphatic carbocycles. The van der Waals surface area contributed by atoms with Crippen LogP contribution in [0.25, 0.3) is 0 Å². The number of hydrogen-bond acceptors (Lipinski definition) is 3. The van der Waals surface area contributed by atoms with Crippen LogP contribution in [0.3, 0.4) is 0 Å². The number of rotatable bonds is 1. The highest BCUT2D eigenvalue weighted by molar-refractivity contribution is 5.81. The predicted molar refractivity (Wildman–Crippen MR) is 55.6 cm³/mol. The second kappa shape index (κ2) is 4.10. The summed E-state index contributed by atoms with van der Waals surface area (Å²) in [6.45, 7) is 6.76. The predicted octanol–water partition coefficient (Wildman–Crippen LogP) is 0.803. The highest BCUT2D eigenvalue weighted by atomic mass is 16.5. The standard InChI is InChI=1S/C11H19NO3/c1-11(2)8-12(5-7-15-11)10(13)9-4-3-6-14-9/h9H,3-8H2,1-2H3. The number of morpholine rings is 1. The van der Waals surface area contributed by atoms with Crippen molar-refractivity contribution in [1.29, 1.82) is 0 Å². The molecule has 0 aromatic rings. The van der Waals surface area contributed by atoms with E-state index >= 15 is 0 Å². The van der Waals surface area contributed by atoms with Crippen LogP contribution in [0.5, 0.6) is 0 Å². The summed E-state index contributed by atoms with van der Waals surface area (Å²) in [5.41, 5.74) is -0.216. The zero-order chi connectivity index (χ0) is 10.9. The second-order valence-corrected chi connectivity index (χ2v) is 4.87. The van der Waals surface area contributed by atoms with Crippen molar-refractivity contribution in [3.05, 3.63) is 0 Å². The number of amides is 1. The third-order valence-electron chi connectivity index (χ3n) is 2.94. The monoisotopic (exact) mass is 213 g/mol. The van der Waals surface area contributed by atoms with Gasteiger partial charge in [0.1, 0.15) is 6.10 Å². The zero-order valence-electron chi connectivity index (χ0n) is 9.49. The molecule has 2 fully saturated rings. The van der Waals surface area contributed by atoms with Crippen molar-refractivity contribution in [3.63, 3.8) is 0 Å². The van der Waals surface area contributed by atoms with Gasteiger partial charge in [0.25, 0.3) is 5.91 Å². The van der Waals surface area contributed by atoms with Crippen molar-refractivity contribution in [2.45, 2.75) is 38.4 Å². The Hall–Kier alpha value is -0.610. The maximum atomic E-state index is 12.0. The van der Waals surface area contributed by atoms with Gasteiger partial charge in [-0.3, -0.25) is 4.79 Å². The number of carbonyl (C=O) groups excluding carboxylic acids is 1. The molecule has 1 unspecified atom stereocenters. The van der Waals surface area contributed by atoms with Crippen molar-refractivity contribution in [1.82, 2.24) is 4.90 Å². The van der Waals surface area contributed by atoms with Crippen LogP contribution >= 0.6 is 0 Å². The summed E-state index contributed by atoms with van der Waals surface area (Å²) >= 11 is 0. The minimum Gasteiger partial charge on any atom is -0.372 e. The number of nitrogens with zero attached hydrogens (tertiary/aromatic N) is 1. The summed E-state index contributed by atoms with van der Waals surface area (Å²) in [5.74, 6) is 0.142. The molecule has 0 spiro atoms. The number of carbonyl (C=O) groups is 1. The fourth-order valence-corrected chi connectivity index (χ4v) is 2.18. The fraction of sp³-hybridized carbons (Fsp3) is 0.909. The van der Waals surface area contributed by atoms with Gasteiger partial charge >= 0.3 is 0 Å². The molecule has 2 heterocycles. The first-order chi connectivity index (χ1) is 7.08. The molecule has 0 radical (unpaired) electrons. The third-order valence-corrected chi connectivity index (χ3v) is 2.94. The molecule has 4 heteroatoms. The molecule has 86 valence electrons. The van der Waals surface area contributed by atoms with E-state index in [-0.39, 0.29) is 17.6 Å². The molecule has 1 atom stereocenters. The molecule has 2 aliphatic heterocycles. The molecule has 0 saturated carbocycles. The van der Waals surface area contributed by atoms with Crippen LogP contribution in [0.15, 0.2) is 0 Å². The van der Waals surface area contributed by atoms with Gasteiger partial charge in [-0.1, -0.05) is 0 Å². The van der Waals surface area contributed by atoms with E-state index in [2.05, 4.69) is 0 Å². The molecule has 0 aromatic heterocycles. The van der Waals surface area contributed by atoms with E-state index in [1.807, 2.05) is 18.7 Å². The highest BCUT2D eigenvalue weighted by Gasteiger charge is 2.34. The molecule has 4 nitrogen and oxygen atoms in total. The second-order valence-electron chi connectivity index (χ2n) is 4.87. The molecular formula is C11H19NO3. The van der Waals surface area contributed by atoms with Gasteiger partial charge < -0.3 is 14.4 Å². The number of ether oxygens (including phenoxy) is 2. The average Bonchev–Trinajstić information content (AvgIpc) is 2.67. The van der Waals surface area contributed by atoms with Crippen LogP contribution in [-0.2, 0) is 14.3 Å². The molecule has 0 aromatic carbocycles. The van der Waals surface area contributed by atoms with Crippen molar-refractivity contribution in [2.75, 3.05) is 26.3 Å². The Kier molecular flexibility index (Phi) is 2.98. The summed E-state index contributed by atoms with van der Waals surface area (Å²) in [7, 11) is 0. The largest absolute Gasteiger partial charge is 0.372 e. The first-order valence-corrected chi connectivity index (χ1v) is 5.63. The molecule has 0 bridgehead atoms. The Morgan fingerprint density at radius 3 is 2.80 bits per heavy atom. The van der Waals surface area contributed by atoms with E-state index in [1.165, 1.54) is 0 Å². The molecule has 2 aliphatic rings. The Bertz CT molecular complexity index is 246. The summed E-state index contributed by atoms with van der Waals surface area (Å²) in [5, 5.41) is 0. The van der Waals surface area contributed by atoms with E-state index in [9.17, 15) is 4.79 Å². The molecule has 2 rings (SSSR count). The normalized spacial score (nSPS) is 30.5. The van der Waals surface area contributed by atoms with Gasteiger partial charge in [-0.25, -0.2) is 0 Å². The van der Waals surface area contributed by atoms with Gasteiger partial charge in [-0.05, 0) is 26.7 Å². The highest BCUT2D eigenvalue weighted by Crippen LogP contribution is 2.20. The smallest absolute Gasteiger partial charge is 0.251 e. The van der Waals surface area contributed by atoms with Gasteiger partial charge in [0.2, 0.25) is 0 Å². The van der Waals surface area contributed by atoms with Crippen LogP contribution < -0.4 is 0 Å². The topological polar surface area (TPSA) is 38.8 Å². The lowest BCUT2D eigenvalue weighted by Crippen LogP contribution is -2.53. The average molecular weight is 213 g/mol. The van der Waals surface area contributed by atoms with E-state index in [1.54, 1.807) is 0 Å². The molecular weight excluding hydrogens is 194 g/mol. The van der Waals surface area contributed by atoms with Gasteiger partial charge in [-0.2, -0.15) is 0 Å². The third kappa shape index (κ3) is 2.49. The lowest BCUT2D eigenvalue weighted by molar-refractivity contribution is -0.154. The lowest BCUT2D eigenvalue weighted by atomic mass is 10.1. The van der Waals surface area contributed by atoms with Crippen molar-refractivity contribution >= 4 is 5.91 Å². The minimum atomic E-state index is -0.216. The Labute approximate surface area is 90.5 Å². The van der Waals surface area contributed by atoms with Gasteiger partial charge in [0, 0.05) is 19.7 Å². The molecule has 1 amide bonds. The van der Waals surface area contributed by atoms with Crippen LogP contribution in [0, 0.1) is 0 Å². The minimum absolute atomic E-state index is 0.142. The van der Waals surface area contributed by atoms with E-state index in [4.69, 9.17) is 9.47 Å². The van der Waals surface area contributed by atoms with Gasteiger partial charge in [0.05, 0.1) is 12.2 Å². The summed E-state index contributed by atoms with van der Waals surface area (Å²) in [6, 6.07) is 0. The van der Waals surface area contributed by atoms with Crippen molar-refractivity contribution in [3.8, 4) is 0 Å². The van der Waals surface area contributed by atoms with Crippen molar-refractivity contribution < 1.29 is 14.3 Å². The first-order valence-electron chi connectivity index (χ1n) is 5.63. The van der Waals surface area contributed by atoms with E-state index < -0.39 is 0 Å².